The Morgan fingerprint density at radius 2 is 1.60 bits per heavy atom. The van der Waals surface area contributed by atoms with Crippen LogP contribution in [0.25, 0.3) is 0 Å². The van der Waals surface area contributed by atoms with Gasteiger partial charge in [-0.05, 0) is 65.2 Å². The highest BCUT2D eigenvalue weighted by atomic mass is 16.5. The molecular formula is C18H35NO. The largest absolute Gasteiger partial charge is 0.370 e. The molecule has 2 rings (SSSR count). The molecule has 0 heterocycles. The molecule has 2 aliphatic rings. The lowest BCUT2D eigenvalue weighted by Gasteiger charge is -2.44. The van der Waals surface area contributed by atoms with Gasteiger partial charge in [-0.1, -0.05) is 26.2 Å². The van der Waals surface area contributed by atoms with Crippen LogP contribution in [0.3, 0.4) is 0 Å². The molecule has 2 aliphatic carbocycles. The van der Waals surface area contributed by atoms with E-state index in [0.29, 0.717) is 6.10 Å². The van der Waals surface area contributed by atoms with Crippen molar-refractivity contribution >= 4 is 0 Å². The molecule has 0 spiro atoms. The Hall–Kier alpha value is -0.0800. The van der Waals surface area contributed by atoms with Crippen LogP contribution >= 0.6 is 0 Å². The van der Waals surface area contributed by atoms with E-state index in [0.717, 1.165) is 12.5 Å². The molecule has 0 aromatic carbocycles. The van der Waals surface area contributed by atoms with Gasteiger partial charge in [-0.2, -0.15) is 0 Å². The van der Waals surface area contributed by atoms with E-state index in [1.165, 1.54) is 57.8 Å². The fraction of sp³-hybridized carbons (Fsp3) is 1.00. The minimum absolute atomic E-state index is 0.113. The third-order valence-electron chi connectivity index (χ3n) is 5.10. The maximum absolute atomic E-state index is 6.70. The minimum atomic E-state index is 0.113. The molecule has 2 heteroatoms. The fourth-order valence-electron chi connectivity index (χ4n) is 3.59. The third-order valence-corrected chi connectivity index (χ3v) is 5.10. The second-order valence-electron chi connectivity index (χ2n) is 8.35. The first-order valence-corrected chi connectivity index (χ1v) is 8.81. The second-order valence-corrected chi connectivity index (χ2v) is 8.35. The number of nitrogens with one attached hydrogen (secondary N) is 1. The van der Waals surface area contributed by atoms with Crippen LogP contribution in [0.4, 0.5) is 0 Å². The van der Waals surface area contributed by atoms with Gasteiger partial charge in [-0.25, -0.2) is 0 Å². The lowest BCUT2D eigenvalue weighted by Crippen LogP contribution is -2.52. The highest BCUT2D eigenvalue weighted by Gasteiger charge is 2.38. The highest BCUT2D eigenvalue weighted by Crippen LogP contribution is 2.37. The van der Waals surface area contributed by atoms with Gasteiger partial charge in [0, 0.05) is 12.1 Å². The standard InChI is InChI=1S/C18H35NO/c1-15-10-12-18(13-11-15,14-19-17(2,3)4)20-16-8-6-5-7-9-16/h15-16,19H,5-14H2,1-4H3. The zero-order chi connectivity index (χ0) is 14.6. The van der Waals surface area contributed by atoms with Crippen molar-refractivity contribution in [3.63, 3.8) is 0 Å². The SMILES string of the molecule is CC1CCC(CNC(C)(C)C)(OC2CCCCC2)CC1. The van der Waals surface area contributed by atoms with Crippen molar-refractivity contribution in [1.82, 2.24) is 5.32 Å². The average Bonchev–Trinajstić information content (AvgIpc) is 2.40. The first-order valence-electron chi connectivity index (χ1n) is 8.81. The van der Waals surface area contributed by atoms with Gasteiger partial charge in [-0.3, -0.25) is 0 Å². The maximum Gasteiger partial charge on any atom is 0.0810 e. The van der Waals surface area contributed by atoms with Crippen molar-refractivity contribution in [3.05, 3.63) is 0 Å². The van der Waals surface area contributed by atoms with E-state index in [2.05, 4.69) is 33.0 Å². The Morgan fingerprint density at radius 1 is 1.00 bits per heavy atom. The van der Waals surface area contributed by atoms with E-state index in [-0.39, 0.29) is 11.1 Å². The predicted molar refractivity (Wildman–Crippen MR) is 86.1 cm³/mol. The van der Waals surface area contributed by atoms with Crippen LogP contribution in [-0.4, -0.2) is 23.8 Å². The summed E-state index contributed by atoms with van der Waals surface area (Å²) in [6.07, 6.45) is 12.4. The van der Waals surface area contributed by atoms with Crippen LogP contribution in [0.2, 0.25) is 0 Å². The molecule has 0 amide bonds. The minimum Gasteiger partial charge on any atom is -0.370 e. The first kappa shape index (κ1) is 16.3. The smallest absolute Gasteiger partial charge is 0.0810 e. The van der Waals surface area contributed by atoms with Crippen LogP contribution < -0.4 is 5.32 Å². The lowest BCUT2D eigenvalue weighted by molar-refractivity contribution is -0.128. The van der Waals surface area contributed by atoms with Crippen molar-refractivity contribution < 1.29 is 4.74 Å². The summed E-state index contributed by atoms with van der Waals surface area (Å²) in [7, 11) is 0. The summed E-state index contributed by atoms with van der Waals surface area (Å²) < 4.78 is 6.70. The molecule has 0 aromatic heterocycles. The zero-order valence-corrected chi connectivity index (χ0v) is 14.1. The van der Waals surface area contributed by atoms with Crippen LogP contribution in [-0.2, 0) is 4.74 Å². The quantitative estimate of drug-likeness (QED) is 0.808. The Labute approximate surface area is 126 Å². The Balaban J connectivity index is 1.95. The van der Waals surface area contributed by atoms with Crippen molar-refractivity contribution in [2.24, 2.45) is 5.92 Å². The van der Waals surface area contributed by atoms with Crippen molar-refractivity contribution in [1.29, 1.82) is 0 Å². The lowest BCUT2D eigenvalue weighted by atomic mass is 9.78. The predicted octanol–water partition coefficient (Wildman–Crippen LogP) is 4.67. The van der Waals surface area contributed by atoms with E-state index >= 15 is 0 Å². The molecule has 2 saturated carbocycles. The molecule has 20 heavy (non-hydrogen) atoms. The summed E-state index contributed by atoms with van der Waals surface area (Å²) >= 11 is 0. The molecular weight excluding hydrogens is 246 g/mol. The Bertz CT molecular complexity index is 280. The van der Waals surface area contributed by atoms with Crippen molar-refractivity contribution in [3.8, 4) is 0 Å². The van der Waals surface area contributed by atoms with E-state index in [9.17, 15) is 0 Å². The molecule has 2 fully saturated rings. The van der Waals surface area contributed by atoms with Crippen LogP contribution in [0, 0.1) is 5.92 Å². The molecule has 0 saturated heterocycles. The van der Waals surface area contributed by atoms with Crippen LogP contribution in [0.1, 0.15) is 85.5 Å². The fourth-order valence-corrected chi connectivity index (χ4v) is 3.59. The molecule has 0 bridgehead atoms. The average molecular weight is 281 g/mol. The topological polar surface area (TPSA) is 21.3 Å². The normalized spacial score (nSPS) is 33.3. The second kappa shape index (κ2) is 6.79. The molecule has 2 nitrogen and oxygen atoms in total. The van der Waals surface area contributed by atoms with Gasteiger partial charge in [0.05, 0.1) is 11.7 Å². The molecule has 1 N–H and O–H groups in total. The number of rotatable bonds is 4. The number of hydrogen-bond acceptors (Lipinski definition) is 2. The molecule has 118 valence electrons. The van der Waals surface area contributed by atoms with Gasteiger partial charge in [0.15, 0.2) is 0 Å². The van der Waals surface area contributed by atoms with Crippen molar-refractivity contribution in [2.45, 2.75) is 103 Å². The van der Waals surface area contributed by atoms with E-state index in [1.54, 1.807) is 0 Å². The summed E-state index contributed by atoms with van der Waals surface area (Å²) in [5.74, 6) is 0.882. The molecule has 0 unspecified atom stereocenters. The molecule has 0 aromatic rings. The van der Waals surface area contributed by atoms with Gasteiger partial charge >= 0.3 is 0 Å². The molecule has 0 atom stereocenters. The monoisotopic (exact) mass is 281 g/mol. The van der Waals surface area contributed by atoms with Gasteiger partial charge in [0.2, 0.25) is 0 Å². The number of hydrogen-bond donors (Lipinski definition) is 1. The van der Waals surface area contributed by atoms with Gasteiger partial charge < -0.3 is 10.1 Å². The highest BCUT2D eigenvalue weighted by molar-refractivity contribution is 4.92. The van der Waals surface area contributed by atoms with E-state index in [1.807, 2.05) is 0 Å². The number of ether oxygens (including phenoxy) is 1. The van der Waals surface area contributed by atoms with Gasteiger partial charge in [-0.15, -0.1) is 0 Å². The summed E-state index contributed by atoms with van der Waals surface area (Å²) in [6, 6.07) is 0. The summed E-state index contributed by atoms with van der Waals surface area (Å²) in [6.45, 7) is 10.2. The summed E-state index contributed by atoms with van der Waals surface area (Å²) in [5, 5.41) is 3.71. The Morgan fingerprint density at radius 3 is 2.15 bits per heavy atom. The van der Waals surface area contributed by atoms with Crippen molar-refractivity contribution in [2.75, 3.05) is 6.54 Å². The molecule has 0 radical (unpaired) electrons. The third kappa shape index (κ3) is 5.04. The van der Waals surface area contributed by atoms with E-state index in [4.69, 9.17) is 4.74 Å². The van der Waals surface area contributed by atoms with Gasteiger partial charge in [0.25, 0.3) is 0 Å². The maximum atomic E-state index is 6.70. The summed E-state index contributed by atoms with van der Waals surface area (Å²) in [5.41, 5.74) is 0.299. The Kier molecular flexibility index (Phi) is 5.53. The molecule has 0 aliphatic heterocycles. The first-order chi connectivity index (χ1) is 9.39. The van der Waals surface area contributed by atoms with E-state index < -0.39 is 0 Å². The van der Waals surface area contributed by atoms with Gasteiger partial charge in [0.1, 0.15) is 0 Å². The van der Waals surface area contributed by atoms with Crippen LogP contribution in [0.5, 0.6) is 0 Å². The zero-order valence-electron chi connectivity index (χ0n) is 14.1. The van der Waals surface area contributed by atoms with Crippen LogP contribution in [0.15, 0.2) is 0 Å². The summed E-state index contributed by atoms with van der Waals surface area (Å²) in [4.78, 5) is 0.